The van der Waals surface area contributed by atoms with E-state index in [0.717, 1.165) is 27.6 Å². The fourth-order valence-electron chi connectivity index (χ4n) is 2.95. The highest BCUT2D eigenvalue weighted by Crippen LogP contribution is 2.42. The van der Waals surface area contributed by atoms with Crippen LogP contribution >= 0.6 is 11.6 Å². The number of benzene rings is 2. The van der Waals surface area contributed by atoms with Crippen LogP contribution in [0.2, 0.25) is 5.02 Å². The van der Waals surface area contributed by atoms with Crippen molar-refractivity contribution in [2.45, 2.75) is 6.23 Å². The quantitative estimate of drug-likeness (QED) is 0.733. The minimum Gasteiger partial charge on any atom is -0.468 e. The lowest BCUT2D eigenvalue weighted by Gasteiger charge is -2.26. The second kappa shape index (κ2) is 5.64. The van der Waals surface area contributed by atoms with Gasteiger partial charge in [0.2, 0.25) is 0 Å². The molecule has 0 saturated carbocycles. The standard InChI is InChI=1S/C19H12ClN3O/c20-13-6-3-11(4-7-13)16-14-8-5-12-2-1-9-23-17(12)18(14)24-19(22)15(16)10-21/h1-9,19H,22H2/t19-/m0/s1. The molecule has 0 radical (unpaired) electrons. The first-order valence-corrected chi connectivity index (χ1v) is 7.77. The highest BCUT2D eigenvalue weighted by atomic mass is 35.5. The van der Waals surface area contributed by atoms with Gasteiger partial charge >= 0.3 is 0 Å². The zero-order chi connectivity index (χ0) is 16.7. The molecule has 1 aliphatic heterocycles. The van der Waals surface area contributed by atoms with Crippen molar-refractivity contribution < 1.29 is 4.74 Å². The Balaban J connectivity index is 2.05. The van der Waals surface area contributed by atoms with Gasteiger partial charge in [0.25, 0.3) is 0 Å². The molecule has 24 heavy (non-hydrogen) atoms. The van der Waals surface area contributed by atoms with Gasteiger partial charge in [-0.15, -0.1) is 0 Å². The molecule has 0 spiro atoms. The van der Waals surface area contributed by atoms with E-state index < -0.39 is 6.23 Å². The Morgan fingerprint density at radius 2 is 1.92 bits per heavy atom. The molecule has 4 nitrogen and oxygen atoms in total. The molecule has 1 atom stereocenters. The van der Waals surface area contributed by atoms with E-state index in [0.29, 0.717) is 16.3 Å². The minimum absolute atomic E-state index is 0.389. The number of fused-ring (bicyclic) bond motifs is 3. The van der Waals surface area contributed by atoms with Gasteiger partial charge in [-0.25, -0.2) is 0 Å². The molecule has 0 fully saturated rings. The maximum Gasteiger partial charge on any atom is 0.184 e. The average molecular weight is 334 g/mol. The number of ether oxygens (including phenoxy) is 1. The first kappa shape index (κ1) is 14.7. The lowest BCUT2D eigenvalue weighted by molar-refractivity contribution is 0.248. The maximum atomic E-state index is 9.58. The van der Waals surface area contributed by atoms with E-state index >= 15 is 0 Å². The third kappa shape index (κ3) is 2.23. The van der Waals surface area contributed by atoms with E-state index in [1.807, 2.05) is 36.4 Å². The predicted molar refractivity (Wildman–Crippen MR) is 93.4 cm³/mol. The largest absolute Gasteiger partial charge is 0.468 e. The third-order valence-electron chi connectivity index (χ3n) is 4.05. The van der Waals surface area contributed by atoms with E-state index in [1.165, 1.54) is 0 Å². The van der Waals surface area contributed by atoms with Crippen LogP contribution in [0.15, 0.2) is 60.3 Å². The molecule has 1 aliphatic rings. The Labute approximate surface area is 143 Å². The van der Waals surface area contributed by atoms with Gasteiger partial charge < -0.3 is 4.74 Å². The van der Waals surface area contributed by atoms with Crippen LogP contribution in [0.4, 0.5) is 0 Å². The molecule has 0 bridgehead atoms. The summed E-state index contributed by atoms with van der Waals surface area (Å²) in [5.74, 6) is 0.601. The summed E-state index contributed by atoms with van der Waals surface area (Å²) >= 11 is 5.99. The van der Waals surface area contributed by atoms with Gasteiger partial charge in [-0.1, -0.05) is 35.9 Å². The van der Waals surface area contributed by atoms with Crippen LogP contribution in [-0.2, 0) is 0 Å². The average Bonchev–Trinajstić information content (AvgIpc) is 2.61. The van der Waals surface area contributed by atoms with E-state index in [-0.39, 0.29) is 0 Å². The highest BCUT2D eigenvalue weighted by molar-refractivity contribution is 6.30. The summed E-state index contributed by atoms with van der Waals surface area (Å²) in [6.45, 7) is 0. The van der Waals surface area contributed by atoms with Gasteiger partial charge in [-0.2, -0.15) is 5.26 Å². The number of nitrogens with two attached hydrogens (primary N) is 1. The van der Waals surface area contributed by atoms with E-state index in [4.69, 9.17) is 22.1 Å². The topological polar surface area (TPSA) is 71.9 Å². The molecule has 0 aliphatic carbocycles. The number of pyridine rings is 1. The van der Waals surface area contributed by atoms with Crippen molar-refractivity contribution in [1.82, 2.24) is 4.98 Å². The molecule has 0 saturated heterocycles. The molecule has 4 rings (SSSR count). The molecule has 1 aromatic heterocycles. The number of aromatic nitrogens is 1. The summed E-state index contributed by atoms with van der Waals surface area (Å²) in [6.07, 6.45) is 0.879. The smallest absolute Gasteiger partial charge is 0.184 e. The lowest BCUT2D eigenvalue weighted by Crippen LogP contribution is -2.33. The Morgan fingerprint density at radius 1 is 1.12 bits per heavy atom. The van der Waals surface area contributed by atoms with Gasteiger partial charge in [-0.3, -0.25) is 10.7 Å². The van der Waals surface area contributed by atoms with Crippen molar-refractivity contribution in [3.8, 4) is 11.8 Å². The Morgan fingerprint density at radius 3 is 2.67 bits per heavy atom. The van der Waals surface area contributed by atoms with Crippen molar-refractivity contribution in [2.24, 2.45) is 5.73 Å². The Hall–Kier alpha value is -2.87. The maximum absolute atomic E-state index is 9.58. The van der Waals surface area contributed by atoms with Crippen LogP contribution in [0.1, 0.15) is 11.1 Å². The van der Waals surface area contributed by atoms with Crippen molar-refractivity contribution in [3.63, 3.8) is 0 Å². The van der Waals surface area contributed by atoms with E-state index in [1.54, 1.807) is 18.3 Å². The van der Waals surface area contributed by atoms with Crippen LogP contribution in [0.25, 0.3) is 16.5 Å². The zero-order valence-corrected chi connectivity index (χ0v) is 13.3. The summed E-state index contributed by atoms with van der Waals surface area (Å²) in [4.78, 5) is 4.41. The highest BCUT2D eigenvalue weighted by Gasteiger charge is 2.29. The van der Waals surface area contributed by atoms with Gasteiger partial charge in [-0.05, 0) is 29.8 Å². The monoisotopic (exact) mass is 333 g/mol. The second-order valence-corrected chi connectivity index (χ2v) is 5.90. The summed E-state index contributed by atoms with van der Waals surface area (Å²) in [7, 11) is 0. The van der Waals surface area contributed by atoms with Crippen LogP contribution in [0, 0.1) is 11.3 Å². The van der Waals surface area contributed by atoms with Gasteiger partial charge in [0, 0.05) is 27.7 Å². The van der Waals surface area contributed by atoms with E-state index in [9.17, 15) is 5.26 Å². The minimum atomic E-state index is -0.833. The summed E-state index contributed by atoms with van der Waals surface area (Å²) in [6, 6.07) is 17.2. The van der Waals surface area contributed by atoms with Gasteiger partial charge in [0.1, 0.15) is 11.6 Å². The lowest BCUT2D eigenvalue weighted by atomic mass is 9.89. The third-order valence-corrected chi connectivity index (χ3v) is 4.30. The molecule has 3 aromatic rings. The summed E-state index contributed by atoms with van der Waals surface area (Å²) in [5.41, 5.74) is 9.65. The SMILES string of the molecule is N#CC1=C(c2ccc(Cl)cc2)c2ccc3cccnc3c2O[C@@H]1N. The predicted octanol–water partition coefficient (Wildman–Crippen LogP) is 3.89. The molecule has 5 heteroatoms. The molecule has 2 N–H and O–H groups in total. The number of nitrogens with zero attached hydrogens (tertiary/aromatic N) is 2. The van der Waals surface area contributed by atoms with Crippen molar-refractivity contribution in [1.29, 1.82) is 5.26 Å². The van der Waals surface area contributed by atoms with Crippen LogP contribution < -0.4 is 10.5 Å². The molecular formula is C19H12ClN3O. The zero-order valence-electron chi connectivity index (χ0n) is 12.5. The number of hydrogen-bond acceptors (Lipinski definition) is 4. The van der Waals surface area contributed by atoms with Crippen molar-refractivity contribution in [3.05, 3.63) is 76.5 Å². The normalized spacial score (nSPS) is 16.5. The number of halogens is 1. The number of rotatable bonds is 1. The van der Waals surface area contributed by atoms with Crippen molar-refractivity contribution >= 4 is 28.1 Å². The van der Waals surface area contributed by atoms with Crippen LogP contribution in [0.3, 0.4) is 0 Å². The Bertz CT molecular complexity index is 1020. The Kier molecular flexibility index (Phi) is 3.46. The molecule has 0 unspecified atom stereocenters. The second-order valence-electron chi connectivity index (χ2n) is 5.46. The number of hydrogen-bond donors (Lipinski definition) is 1. The summed E-state index contributed by atoms with van der Waals surface area (Å²) in [5, 5.41) is 11.2. The first-order valence-electron chi connectivity index (χ1n) is 7.39. The number of nitriles is 1. The molecular weight excluding hydrogens is 322 g/mol. The van der Waals surface area contributed by atoms with E-state index in [2.05, 4.69) is 11.1 Å². The first-order chi connectivity index (χ1) is 11.7. The van der Waals surface area contributed by atoms with Gasteiger partial charge in [0.15, 0.2) is 12.0 Å². The van der Waals surface area contributed by atoms with Crippen LogP contribution in [-0.4, -0.2) is 11.2 Å². The van der Waals surface area contributed by atoms with Crippen molar-refractivity contribution in [2.75, 3.05) is 0 Å². The molecule has 2 heterocycles. The molecule has 0 amide bonds. The molecule has 116 valence electrons. The van der Waals surface area contributed by atoms with Crippen LogP contribution in [0.5, 0.6) is 5.75 Å². The van der Waals surface area contributed by atoms with Gasteiger partial charge in [0.05, 0.1) is 5.57 Å². The fourth-order valence-corrected chi connectivity index (χ4v) is 3.08. The summed E-state index contributed by atoms with van der Waals surface area (Å²) < 4.78 is 5.83. The molecule has 2 aromatic carbocycles. The fraction of sp³-hybridized carbons (Fsp3) is 0.0526.